The number of rotatable bonds is 2. The normalized spacial score (nSPS) is 12.5. The van der Waals surface area contributed by atoms with Crippen molar-refractivity contribution in [2.24, 2.45) is 0 Å². The van der Waals surface area contributed by atoms with Gasteiger partial charge in [-0.3, -0.25) is 4.79 Å². The van der Waals surface area contributed by atoms with Gasteiger partial charge in [0.2, 0.25) is 5.78 Å². The standard InChI is InChI=1S/C18H23NO2S/c1-17(2,3)12-9-11(15(20)14-7-8-22-19-14)10-13(16(12)21)18(4,5)6/h7-10,21H,1-6H3. The van der Waals surface area contributed by atoms with E-state index in [4.69, 9.17) is 0 Å². The summed E-state index contributed by atoms with van der Waals surface area (Å²) in [5.41, 5.74) is 2.12. The van der Waals surface area contributed by atoms with Crippen molar-refractivity contribution in [3.05, 3.63) is 46.0 Å². The lowest BCUT2D eigenvalue weighted by Gasteiger charge is -2.28. The minimum atomic E-state index is -0.248. The van der Waals surface area contributed by atoms with Gasteiger partial charge in [0, 0.05) is 22.1 Å². The van der Waals surface area contributed by atoms with Crippen LogP contribution in [0.2, 0.25) is 0 Å². The van der Waals surface area contributed by atoms with Crippen molar-refractivity contribution >= 4 is 17.3 Å². The van der Waals surface area contributed by atoms with Crippen LogP contribution in [0.4, 0.5) is 0 Å². The van der Waals surface area contributed by atoms with Gasteiger partial charge in [0.25, 0.3) is 0 Å². The van der Waals surface area contributed by atoms with Crippen molar-refractivity contribution < 1.29 is 9.90 Å². The molecule has 0 saturated carbocycles. The number of carbonyl (C=O) groups excluding carboxylic acids is 1. The van der Waals surface area contributed by atoms with Crippen LogP contribution < -0.4 is 0 Å². The van der Waals surface area contributed by atoms with Crippen LogP contribution in [0.25, 0.3) is 0 Å². The number of ketones is 1. The van der Waals surface area contributed by atoms with Gasteiger partial charge in [-0.15, -0.1) is 0 Å². The van der Waals surface area contributed by atoms with Gasteiger partial charge < -0.3 is 5.11 Å². The summed E-state index contributed by atoms with van der Waals surface area (Å²) < 4.78 is 4.13. The minimum absolute atomic E-state index is 0.0998. The van der Waals surface area contributed by atoms with E-state index in [0.717, 1.165) is 11.1 Å². The van der Waals surface area contributed by atoms with Crippen molar-refractivity contribution in [1.29, 1.82) is 0 Å². The van der Waals surface area contributed by atoms with E-state index in [1.807, 2.05) is 41.5 Å². The molecule has 0 amide bonds. The van der Waals surface area contributed by atoms with Crippen LogP contribution in [0.3, 0.4) is 0 Å². The second-order valence-electron chi connectivity index (χ2n) is 7.63. The SMILES string of the molecule is CC(C)(C)c1cc(C(=O)c2ccsn2)cc(C(C)(C)C)c1O. The molecular formula is C18H23NO2S. The summed E-state index contributed by atoms with van der Waals surface area (Å²) >= 11 is 1.27. The molecule has 1 aromatic carbocycles. The molecule has 0 saturated heterocycles. The van der Waals surface area contributed by atoms with Crippen LogP contribution in [0.15, 0.2) is 23.6 Å². The molecular weight excluding hydrogens is 294 g/mol. The summed E-state index contributed by atoms with van der Waals surface area (Å²) in [4.78, 5) is 12.6. The number of nitrogens with zero attached hydrogens (tertiary/aromatic N) is 1. The summed E-state index contributed by atoms with van der Waals surface area (Å²) in [5, 5.41) is 12.5. The Morgan fingerprint density at radius 1 is 1.05 bits per heavy atom. The van der Waals surface area contributed by atoms with Gasteiger partial charge in [0.05, 0.1) is 0 Å². The van der Waals surface area contributed by atoms with Crippen LogP contribution in [-0.4, -0.2) is 15.3 Å². The highest BCUT2D eigenvalue weighted by atomic mass is 32.1. The Bertz CT molecular complexity index is 654. The average molecular weight is 317 g/mol. The number of hydrogen-bond donors (Lipinski definition) is 1. The molecule has 2 aromatic rings. The molecule has 2 rings (SSSR count). The van der Waals surface area contributed by atoms with Crippen LogP contribution in [0.1, 0.15) is 68.7 Å². The fourth-order valence-corrected chi connectivity index (χ4v) is 2.89. The first-order valence-corrected chi connectivity index (χ1v) is 8.18. The van der Waals surface area contributed by atoms with Crippen molar-refractivity contribution in [2.75, 3.05) is 0 Å². The molecule has 0 aliphatic heterocycles. The fourth-order valence-electron chi connectivity index (χ4n) is 2.39. The number of benzene rings is 1. The maximum Gasteiger partial charge on any atom is 0.212 e. The van der Waals surface area contributed by atoms with Gasteiger partial charge in [-0.05, 0) is 40.6 Å². The van der Waals surface area contributed by atoms with E-state index in [9.17, 15) is 9.90 Å². The Morgan fingerprint density at radius 3 is 1.91 bits per heavy atom. The van der Waals surface area contributed by atoms with Crippen LogP contribution in [0, 0.1) is 0 Å². The molecule has 0 unspecified atom stereocenters. The van der Waals surface area contributed by atoms with Crippen molar-refractivity contribution in [1.82, 2.24) is 4.37 Å². The molecule has 0 fully saturated rings. The van der Waals surface area contributed by atoms with Gasteiger partial charge in [-0.2, -0.15) is 4.37 Å². The van der Waals surface area contributed by atoms with Crippen molar-refractivity contribution in [2.45, 2.75) is 52.4 Å². The Labute approximate surface area is 136 Å². The molecule has 4 heteroatoms. The monoisotopic (exact) mass is 317 g/mol. The third-order valence-electron chi connectivity index (χ3n) is 3.66. The molecule has 0 aliphatic carbocycles. The van der Waals surface area contributed by atoms with Crippen LogP contribution >= 0.6 is 11.5 Å². The summed E-state index contributed by atoms with van der Waals surface area (Å²) in [6.07, 6.45) is 0. The zero-order valence-corrected chi connectivity index (χ0v) is 14.8. The lowest BCUT2D eigenvalue weighted by Crippen LogP contribution is -2.19. The Morgan fingerprint density at radius 2 is 1.55 bits per heavy atom. The van der Waals surface area contributed by atoms with Gasteiger partial charge in [-0.25, -0.2) is 0 Å². The lowest BCUT2D eigenvalue weighted by atomic mass is 9.78. The Balaban J connectivity index is 2.68. The number of carbonyl (C=O) groups is 1. The average Bonchev–Trinajstić information content (AvgIpc) is 2.89. The highest BCUT2D eigenvalue weighted by molar-refractivity contribution is 7.03. The maximum atomic E-state index is 12.6. The molecule has 1 N–H and O–H groups in total. The molecule has 0 bridgehead atoms. The summed E-state index contributed by atoms with van der Waals surface area (Å²) in [6.45, 7) is 12.2. The molecule has 22 heavy (non-hydrogen) atoms. The number of aromatic nitrogens is 1. The first kappa shape index (κ1) is 16.7. The first-order valence-electron chi connectivity index (χ1n) is 7.35. The van der Waals surface area contributed by atoms with E-state index in [2.05, 4.69) is 4.37 Å². The molecule has 0 atom stereocenters. The number of phenolic OH excluding ortho intramolecular Hbond substituents is 1. The van der Waals surface area contributed by atoms with E-state index in [-0.39, 0.29) is 22.4 Å². The van der Waals surface area contributed by atoms with E-state index in [1.165, 1.54) is 11.5 Å². The topological polar surface area (TPSA) is 50.2 Å². The van der Waals surface area contributed by atoms with Crippen molar-refractivity contribution in [3.8, 4) is 5.75 Å². The predicted octanol–water partition coefficient (Wildman–Crippen LogP) is 4.67. The van der Waals surface area contributed by atoms with Gasteiger partial charge in [0.1, 0.15) is 11.4 Å². The largest absolute Gasteiger partial charge is 0.507 e. The summed E-state index contributed by atoms with van der Waals surface area (Å²) in [7, 11) is 0. The molecule has 1 aromatic heterocycles. The zero-order chi connectivity index (χ0) is 16.7. The summed E-state index contributed by atoms with van der Waals surface area (Å²) in [5.74, 6) is 0.187. The van der Waals surface area contributed by atoms with Gasteiger partial charge in [0.15, 0.2) is 0 Å². The zero-order valence-electron chi connectivity index (χ0n) is 14.0. The summed E-state index contributed by atoms with van der Waals surface area (Å²) in [6, 6.07) is 5.33. The molecule has 3 nitrogen and oxygen atoms in total. The minimum Gasteiger partial charge on any atom is -0.507 e. The Hall–Kier alpha value is -1.68. The van der Waals surface area contributed by atoms with E-state index in [0.29, 0.717) is 11.3 Å². The third-order valence-corrected chi connectivity index (χ3v) is 4.22. The first-order chi connectivity index (χ1) is 10.0. The van der Waals surface area contributed by atoms with Gasteiger partial charge in [-0.1, -0.05) is 41.5 Å². The van der Waals surface area contributed by atoms with Crippen LogP contribution in [0.5, 0.6) is 5.75 Å². The molecule has 0 radical (unpaired) electrons. The highest BCUT2D eigenvalue weighted by Crippen LogP contribution is 2.40. The molecule has 0 spiro atoms. The molecule has 1 heterocycles. The number of hydrogen-bond acceptors (Lipinski definition) is 4. The van der Waals surface area contributed by atoms with Crippen LogP contribution in [-0.2, 0) is 10.8 Å². The van der Waals surface area contributed by atoms with E-state index in [1.54, 1.807) is 23.6 Å². The predicted molar refractivity (Wildman–Crippen MR) is 91.1 cm³/mol. The van der Waals surface area contributed by atoms with Crippen molar-refractivity contribution in [3.63, 3.8) is 0 Å². The van der Waals surface area contributed by atoms with Gasteiger partial charge >= 0.3 is 0 Å². The third kappa shape index (κ3) is 3.22. The number of aromatic hydroxyl groups is 1. The molecule has 0 aliphatic rings. The Kier molecular flexibility index (Phi) is 4.18. The fraction of sp³-hybridized carbons (Fsp3) is 0.444. The van der Waals surface area contributed by atoms with E-state index >= 15 is 0 Å². The number of phenols is 1. The quantitative estimate of drug-likeness (QED) is 0.819. The highest BCUT2D eigenvalue weighted by Gasteiger charge is 2.28. The maximum absolute atomic E-state index is 12.6. The lowest BCUT2D eigenvalue weighted by molar-refractivity contribution is 0.103. The second-order valence-corrected chi connectivity index (χ2v) is 8.30. The molecule has 118 valence electrons. The second kappa shape index (κ2) is 5.51. The smallest absolute Gasteiger partial charge is 0.212 e. The van der Waals surface area contributed by atoms with E-state index < -0.39 is 0 Å².